The van der Waals surface area contributed by atoms with Gasteiger partial charge in [0, 0.05) is 12.5 Å². The van der Waals surface area contributed by atoms with Crippen molar-refractivity contribution < 1.29 is 32.9 Å². The third kappa shape index (κ3) is 9.41. The highest BCUT2D eigenvalue weighted by Crippen LogP contribution is 2.39. The number of carbonyl (C=O) groups excluding carboxylic acids is 1. The second-order valence-corrected chi connectivity index (χ2v) is 20.2. The van der Waals surface area contributed by atoms with E-state index in [1.165, 1.54) is 10.4 Å². The van der Waals surface area contributed by atoms with Crippen LogP contribution >= 0.6 is 0 Å². The van der Waals surface area contributed by atoms with Crippen LogP contribution in [0.1, 0.15) is 76.2 Å². The van der Waals surface area contributed by atoms with Gasteiger partial charge in [0.1, 0.15) is 18.0 Å². The number of benzene rings is 4. The summed E-state index contributed by atoms with van der Waals surface area (Å²) in [5.74, 6) is -0.284. The van der Waals surface area contributed by atoms with E-state index in [1.54, 1.807) is 19.2 Å². The Balaban J connectivity index is 1.23. The zero-order valence-corrected chi connectivity index (χ0v) is 33.6. The molecule has 1 saturated heterocycles. The predicted molar refractivity (Wildman–Crippen MR) is 216 cm³/mol. The number of rotatable bonds is 15. The molecule has 0 spiro atoms. The molecule has 7 nitrogen and oxygen atoms in total. The maximum atomic E-state index is 13.6. The highest BCUT2D eigenvalue weighted by Gasteiger charge is 2.51. The number of hydrogen-bond acceptors (Lipinski definition) is 7. The Morgan fingerprint density at radius 1 is 0.852 bits per heavy atom. The van der Waals surface area contributed by atoms with Gasteiger partial charge >= 0.3 is 5.97 Å². The summed E-state index contributed by atoms with van der Waals surface area (Å²) < 4.78 is 38.5. The Morgan fingerprint density at radius 3 is 2.06 bits per heavy atom. The summed E-state index contributed by atoms with van der Waals surface area (Å²) in [6.45, 7) is 11.6. The molecule has 6 rings (SSSR count). The lowest BCUT2D eigenvalue weighted by atomic mass is 10.0. The van der Waals surface area contributed by atoms with Crippen LogP contribution in [0.15, 0.2) is 127 Å². The van der Waals surface area contributed by atoms with E-state index in [2.05, 4.69) is 87.5 Å². The largest absolute Gasteiger partial charge is 0.497 e. The predicted octanol–water partition coefficient (Wildman–Crippen LogP) is 8.65. The van der Waals surface area contributed by atoms with Crippen LogP contribution in [-0.4, -0.2) is 58.2 Å². The Kier molecular flexibility index (Phi) is 12.9. The van der Waals surface area contributed by atoms with Gasteiger partial charge in [-0.05, 0) is 84.4 Å². The minimum Gasteiger partial charge on any atom is -0.497 e. The van der Waals surface area contributed by atoms with E-state index in [9.17, 15) is 4.79 Å². The van der Waals surface area contributed by atoms with Crippen molar-refractivity contribution in [2.45, 2.75) is 102 Å². The second kappa shape index (κ2) is 17.6. The van der Waals surface area contributed by atoms with Crippen LogP contribution in [0.25, 0.3) is 0 Å². The third-order valence-corrected chi connectivity index (χ3v) is 15.7. The van der Waals surface area contributed by atoms with Crippen molar-refractivity contribution in [3.05, 3.63) is 139 Å². The normalized spacial score (nSPS) is 22.0. The van der Waals surface area contributed by atoms with Crippen molar-refractivity contribution >= 4 is 24.7 Å². The molecule has 1 heterocycles. The van der Waals surface area contributed by atoms with Crippen LogP contribution in [-0.2, 0) is 30.0 Å². The second-order valence-electron chi connectivity index (χ2n) is 15.9. The van der Waals surface area contributed by atoms with Crippen LogP contribution in [0.2, 0.25) is 5.04 Å². The Bertz CT molecular complexity index is 1750. The number of ether oxygens (including phenoxy) is 5. The quantitative estimate of drug-likeness (QED) is 0.0685. The van der Waals surface area contributed by atoms with E-state index in [-0.39, 0.29) is 23.2 Å². The number of esters is 1. The molecule has 0 amide bonds. The zero-order valence-electron chi connectivity index (χ0n) is 32.6. The Hall–Kier alpha value is -4.05. The van der Waals surface area contributed by atoms with Crippen molar-refractivity contribution in [1.82, 2.24) is 0 Å². The van der Waals surface area contributed by atoms with Gasteiger partial charge in [-0.3, -0.25) is 0 Å². The van der Waals surface area contributed by atoms with Gasteiger partial charge in [-0.2, -0.15) is 0 Å². The average Bonchev–Trinajstić information content (AvgIpc) is 3.77. The van der Waals surface area contributed by atoms with E-state index in [1.807, 2.05) is 62.4 Å². The molecule has 1 aliphatic carbocycles. The first-order valence-electron chi connectivity index (χ1n) is 19.3. The summed E-state index contributed by atoms with van der Waals surface area (Å²) in [7, 11) is -1.10. The van der Waals surface area contributed by atoms with Crippen molar-refractivity contribution in [1.29, 1.82) is 0 Å². The molecule has 2 fully saturated rings. The fourth-order valence-corrected chi connectivity index (χ4v) is 12.6. The molecule has 0 bridgehead atoms. The molecule has 1 saturated carbocycles. The fraction of sp³-hybridized carbons (Fsp3) is 0.413. The molecule has 286 valence electrons. The third-order valence-electron chi connectivity index (χ3n) is 10.6. The minimum absolute atomic E-state index is 0.0571. The molecule has 4 aromatic rings. The van der Waals surface area contributed by atoms with E-state index < -0.39 is 32.3 Å². The standard InChI is InChI=1S/C46H56O7Si/c1-45(2,3)54(38-20-12-8-13-21-38,39-22-14-9-15-23-39)50-32-31-42-43(53-46(4,5)52-42)41(51-44(47)36-17-10-7-11-18-36)30-27-35-19-16-24-40(35)49-33-34-25-28-37(48-6)29-26-34/h7-15,17-18,20-23,25-30,35,40-43H,16,19,24,31-33H2,1-6H3/t35-,40-,41?,42?,43?/m1/s1. The summed E-state index contributed by atoms with van der Waals surface area (Å²) in [6.07, 6.45) is 6.18. The van der Waals surface area contributed by atoms with E-state index in [0.717, 1.165) is 30.6 Å². The first kappa shape index (κ1) is 39.6. The van der Waals surface area contributed by atoms with E-state index in [0.29, 0.717) is 25.2 Å². The van der Waals surface area contributed by atoms with Gasteiger partial charge in [0.25, 0.3) is 8.32 Å². The number of methoxy groups -OCH3 is 1. The van der Waals surface area contributed by atoms with Gasteiger partial charge in [0.2, 0.25) is 0 Å². The van der Waals surface area contributed by atoms with Crippen molar-refractivity contribution in [2.24, 2.45) is 5.92 Å². The molecule has 2 aliphatic rings. The summed E-state index contributed by atoms with van der Waals surface area (Å²) in [6, 6.07) is 38.4. The van der Waals surface area contributed by atoms with Crippen molar-refractivity contribution in [3.8, 4) is 5.75 Å². The van der Waals surface area contributed by atoms with Gasteiger partial charge in [0.05, 0.1) is 31.5 Å². The average molecular weight is 749 g/mol. The number of carbonyl (C=O) groups is 1. The molecule has 3 unspecified atom stereocenters. The van der Waals surface area contributed by atoms with Crippen molar-refractivity contribution in [3.63, 3.8) is 0 Å². The molecule has 8 heteroatoms. The molecule has 0 aromatic heterocycles. The summed E-state index contributed by atoms with van der Waals surface area (Å²) in [4.78, 5) is 13.6. The molecular formula is C46H56O7Si. The van der Waals surface area contributed by atoms with Crippen molar-refractivity contribution in [2.75, 3.05) is 13.7 Å². The molecule has 5 atom stereocenters. The maximum absolute atomic E-state index is 13.6. The highest BCUT2D eigenvalue weighted by molar-refractivity contribution is 6.99. The molecular weight excluding hydrogens is 693 g/mol. The lowest BCUT2D eigenvalue weighted by molar-refractivity contribution is -0.153. The van der Waals surface area contributed by atoms with E-state index >= 15 is 0 Å². The van der Waals surface area contributed by atoms with Crippen LogP contribution in [0.5, 0.6) is 5.75 Å². The smallest absolute Gasteiger partial charge is 0.338 e. The minimum atomic E-state index is -2.77. The summed E-state index contributed by atoms with van der Waals surface area (Å²) >= 11 is 0. The van der Waals surface area contributed by atoms with Gasteiger partial charge in [-0.25, -0.2) is 4.79 Å². The highest BCUT2D eigenvalue weighted by atomic mass is 28.4. The SMILES string of the molecule is COc1ccc(CO[C@@H]2CCC[C@@H]2C=CC(OC(=O)c2ccccc2)C2OC(C)(C)OC2CCO[Si](c2ccccc2)(c2ccccc2)C(C)(C)C)cc1. The Labute approximate surface area is 322 Å². The summed E-state index contributed by atoms with van der Waals surface area (Å²) in [5, 5.41) is 2.29. The molecule has 0 N–H and O–H groups in total. The van der Waals surface area contributed by atoms with Gasteiger partial charge in [-0.1, -0.05) is 124 Å². The molecule has 1 aliphatic heterocycles. The molecule has 0 radical (unpaired) electrons. The lowest BCUT2D eigenvalue weighted by Gasteiger charge is -2.43. The van der Waals surface area contributed by atoms with E-state index in [4.69, 9.17) is 28.1 Å². The molecule has 54 heavy (non-hydrogen) atoms. The molecule has 4 aromatic carbocycles. The first-order valence-corrected chi connectivity index (χ1v) is 21.2. The Morgan fingerprint density at radius 2 is 1.46 bits per heavy atom. The summed E-state index contributed by atoms with van der Waals surface area (Å²) in [5.41, 5.74) is 1.59. The zero-order chi connectivity index (χ0) is 38.2. The lowest BCUT2D eigenvalue weighted by Crippen LogP contribution is -2.66. The topological polar surface area (TPSA) is 72.5 Å². The van der Waals surface area contributed by atoms with Gasteiger partial charge in [0.15, 0.2) is 5.79 Å². The monoisotopic (exact) mass is 748 g/mol. The van der Waals surface area contributed by atoms with Crippen LogP contribution in [0.3, 0.4) is 0 Å². The fourth-order valence-electron chi connectivity index (χ4n) is 8.00. The maximum Gasteiger partial charge on any atom is 0.338 e. The van der Waals surface area contributed by atoms with Gasteiger partial charge in [-0.15, -0.1) is 0 Å². The van der Waals surface area contributed by atoms with Crippen LogP contribution in [0.4, 0.5) is 0 Å². The van der Waals surface area contributed by atoms with Gasteiger partial charge < -0.3 is 28.1 Å². The first-order chi connectivity index (χ1) is 26.0. The number of hydrogen-bond donors (Lipinski definition) is 0. The van der Waals surface area contributed by atoms with Crippen LogP contribution < -0.4 is 15.1 Å². The van der Waals surface area contributed by atoms with Crippen LogP contribution in [0, 0.1) is 5.92 Å².